The number of aryl methyl sites for hydroxylation is 1. The predicted octanol–water partition coefficient (Wildman–Crippen LogP) is 3.99. The molecule has 1 aromatic heterocycles. The van der Waals surface area contributed by atoms with Crippen molar-refractivity contribution in [2.24, 2.45) is 0 Å². The van der Waals surface area contributed by atoms with E-state index < -0.39 is 19.0 Å². The van der Waals surface area contributed by atoms with E-state index in [0.717, 1.165) is 21.2 Å². The summed E-state index contributed by atoms with van der Waals surface area (Å²) in [5, 5.41) is 5.38. The molecule has 0 aliphatic heterocycles. The number of urea groups is 1. The monoisotopic (exact) mass is 339 g/mol. The number of alkyl halides is 2. The van der Waals surface area contributed by atoms with Crippen molar-refractivity contribution in [1.29, 1.82) is 0 Å². The summed E-state index contributed by atoms with van der Waals surface area (Å²) in [5.41, 5.74) is 1.68. The number of carbonyl (C=O) groups excluding carboxylic acids is 1. The number of nitrogens with zero attached hydrogens (tertiary/aromatic N) is 2. The molecule has 0 aliphatic rings. The number of hydrogen-bond acceptors (Lipinski definition) is 3. The molecule has 0 spiro atoms. The molecule has 0 saturated carbocycles. The summed E-state index contributed by atoms with van der Waals surface area (Å²) < 4.78 is 25.6. The average molecular weight is 339 g/mol. The second-order valence-electron chi connectivity index (χ2n) is 5.26. The molecule has 1 N–H and O–H groups in total. The summed E-state index contributed by atoms with van der Waals surface area (Å²) >= 11 is 1.44. The van der Waals surface area contributed by atoms with E-state index in [-0.39, 0.29) is 12.6 Å². The molecule has 0 bridgehead atoms. The average Bonchev–Trinajstić information content (AvgIpc) is 2.94. The van der Waals surface area contributed by atoms with Crippen molar-refractivity contribution >= 4 is 17.4 Å². The van der Waals surface area contributed by atoms with Crippen molar-refractivity contribution in [3.63, 3.8) is 0 Å². The van der Waals surface area contributed by atoms with Crippen molar-refractivity contribution in [3.8, 4) is 0 Å². The Morgan fingerprint density at radius 3 is 2.61 bits per heavy atom. The van der Waals surface area contributed by atoms with Crippen LogP contribution in [0.2, 0.25) is 0 Å². The zero-order chi connectivity index (χ0) is 16.8. The fourth-order valence-corrected chi connectivity index (χ4v) is 2.90. The van der Waals surface area contributed by atoms with Gasteiger partial charge in [-0.1, -0.05) is 30.3 Å². The standard InChI is InChI=1S/C16H19F2N3OS/c1-11-10-23-15(19-11)12(2)20-16(22)21(9-14(17)18)8-13-6-4-3-5-7-13/h3-7,10,12,14H,8-9H2,1-2H3,(H,20,22). The zero-order valence-electron chi connectivity index (χ0n) is 13.0. The molecule has 1 unspecified atom stereocenters. The van der Waals surface area contributed by atoms with Gasteiger partial charge in [0.05, 0.1) is 12.6 Å². The van der Waals surface area contributed by atoms with Crippen LogP contribution in [0.1, 0.15) is 29.2 Å². The number of amides is 2. The lowest BCUT2D eigenvalue weighted by atomic mass is 10.2. The van der Waals surface area contributed by atoms with E-state index in [2.05, 4.69) is 10.3 Å². The molecule has 2 rings (SSSR count). The zero-order valence-corrected chi connectivity index (χ0v) is 13.8. The van der Waals surface area contributed by atoms with Gasteiger partial charge in [0.15, 0.2) is 0 Å². The minimum atomic E-state index is -2.58. The second kappa shape index (κ2) is 8.01. The van der Waals surface area contributed by atoms with Crippen molar-refractivity contribution in [2.75, 3.05) is 6.54 Å². The third-order valence-corrected chi connectivity index (χ3v) is 4.35. The first-order chi connectivity index (χ1) is 11.0. The minimum Gasteiger partial charge on any atom is -0.329 e. The molecule has 124 valence electrons. The second-order valence-corrected chi connectivity index (χ2v) is 6.15. The van der Waals surface area contributed by atoms with E-state index in [9.17, 15) is 13.6 Å². The van der Waals surface area contributed by atoms with Crippen LogP contribution in [-0.2, 0) is 6.54 Å². The van der Waals surface area contributed by atoms with E-state index in [4.69, 9.17) is 0 Å². The third-order valence-electron chi connectivity index (χ3n) is 3.21. The van der Waals surface area contributed by atoms with Crippen LogP contribution in [0.15, 0.2) is 35.7 Å². The Hall–Kier alpha value is -2.02. The lowest BCUT2D eigenvalue weighted by Crippen LogP contribution is -2.42. The summed E-state index contributed by atoms with van der Waals surface area (Å²) in [6.07, 6.45) is -2.58. The van der Waals surface area contributed by atoms with Gasteiger partial charge in [-0.15, -0.1) is 11.3 Å². The predicted molar refractivity (Wildman–Crippen MR) is 86.7 cm³/mol. The summed E-state index contributed by atoms with van der Waals surface area (Å²) in [4.78, 5) is 17.8. The highest BCUT2D eigenvalue weighted by molar-refractivity contribution is 7.09. The first-order valence-electron chi connectivity index (χ1n) is 7.25. The van der Waals surface area contributed by atoms with E-state index in [1.54, 1.807) is 19.1 Å². The van der Waals surface area contributed by atoms with Crippen LogP contribution in [0.5, 0.6) is 0 Å². The van der Waals surface area contributed by atoms with Crippen LogP contribution in [0, 0.1) is 6.92 Å². The number of thiazole rings is 1. The molecule has 1 atom stereocenters. The van der Waals surface area contributed by atoms with Crippen LogP contribution in [0.4, 0.5) is 13.6 Å². The molecule has 1 heterocycles. The molecular weight excluding hydrogens is 320 g/mol. The van der Waals surface area contributed by atoms with Gasteiger partial charge in [0.2, 0.25) is 0 Å². The number of halogens is 2. The molecule has 2 aromatic rings. The van der Waals surface area contributed by atoms with Gasteiger partial charge in [-0.2, -0.15) is 0 Å². The molecular formula is C16H19F2N3OS. The lowest BCUT2D eigenvalue weighted by Gasteiger charge is -2.24. The maximum atomic E-state index is 12.8. The smallest absolute Gasteiger partial charge is 0.318 e. The van der Waals surface area contributed by atoms with Crippen LogP contribution in [0.25, 0.3) is 0 Å². The largest absolute Gasteiger partial charge is 0.329 e. The molecule has 4 nitrogen and oxygen atoms in total. The Morgan fingerprint density at radius 1 is 1.35 bits per heavy atom. The highest BCUT2D eigenvalue weighted by Gasteiger charge is 2.21. The highest BCUT2D eigenvalue weighted by Crippen LogP contribution is 2.18. The van der Waals surface area contributed by atoms with Crippen molar-refractivity contribution in [3.05, 3.63) is 52.0 Å². The number of hydrogen-bond donors (Lipinski definition) is 1. The maximum absolute atomic E-state index is 12.8. The van der Waals surface area contributed by atoms with E-state index >= 15 is 0 Å². The summed E-state index contributed by atoms with van der Waals surface area (Å²) in [5.74, 6) is 0. The first-order valence-corrected chi connectivity index (χ1v) is 8.13. The lowest BCUT2D eigenvalue weighted by molar-refractivity contribution is 0.0949. The molecule has 1 aromatic carbocycles. The minimum absolute atomic E-state index is 0.140. The molecule has 0 radical (unpaired) electrons. The molecule has 2 amide bonds. The Kier molecular flexibility index (Phi) is 6.04. The fraction of sp³-hybridized carbons (Fsp3) is 0.375. The van der Waals surface area contributed by atoms with Crippen LogP contribution in [0.3, 0.4) is 0 Å². The van der Waals surface area contributed by atoms with Gasteiger partial charge in [0.1, 0.15) is 5.01 Å². The van der Waals surface area contributed by atoms with E-state index in [1.807, 2.05) is 30.5 Å². The van der Waals surface area contributed by atoms with Gasteiger partial charge in [0.25, 0.3) is 6.43 Å². The number of benzene rings is 1. The number of nitrogens with one attached hydrogen (secondary N) is 1. The SMILES string of the molecule is Cc1csc(C(C)NC(=O)N(Cc2ccccc2)CC(F)F)n1. The van der Waals surface area contributed by atoms with Crippen LogP contribution < -0.4 is 5.32 Å². The van der Waals surface area contributed by atoms with Crippen LogP contribution >= 0.6 is 11.3 Å². The van der Waals surface area contributed by atoms with Gasteiger partial charge >= 0.3 is 6.03 Å². The first kappa shape index (κ1) is 17.3. The normalized spacial score (nSPS) is 12.2. The molecule has 7 heteroatoms. The van der Waals surface area contributed by atoms with Gasteiger partial charge in [0, 0.05) is 17.6 Å². The number of rotatable bonds is 6. The molecule has 23 heavy (non-hydrogen) atoms. The van der Waals surface area contributed by atoms with Crippen molar-refractivity contribution in [2.45, 2.75) is 32.9 Å². The molecule has 0 saturated heterocycles. The van der Waals surface area contributed by atoms with Crippen molar-refractivity contribution < 1.29 is 13.6 Å². The highest BCUT2D eigenvalue weighted by atomic mass is 32.1. The van der Waals surface area contributed by atoms with Crippen LogP contribution in [-0.4, -0.2) is 28.9 Å². The number of carbonyl (C=O) groups is 1. The Bertz CT molecular complexity index is 633. The molecule has 0 aliphatic carbocycles. The quantitative estimate of drug-likeness (QED) is 0.865. The molecule has 0 fully saturated rings. The summed E-state index contributed by atoms with van der Waals surface area (Å²) in [6, 6.07) is 8.24. The summed E-state index contributed by atoms with van der Waals surface area (Å²) in [7, 11) is 0. The number of aromatic nitrogens is 1. The van der Waals surface area contributed by atoms with Gasteiger partial charge in [-0.25, -0.2) is 18.6 Å². The van der Waals surface area contributed by atoms with Crippen molar-refractivity contribution in [1.82, 2.24) is 15.2 Å². The fourth-order valence-electron chi connectivity index (χ4n) is 2.10. The van der Waals surface area contributed by atoms with Gasteiger partial charge in [-0.05, 0) is 19.4 Å². The van der Waals surface area contributed by atoms with Gasteiger partial charge in [-0.3, -0.25) is 0 Å². The maximum Gasteiger partial charge on any atom is 0.318 e. The summed E-state index contributed by atoms with van der Waals surface area (Å²) in [6.45, 7) is 3.19. The van der Waals surface area contributed by atoms with Gasteiger partial charge < -0.3 is 10.2 Å². The third kappa shape index (κ3) is 5.28. The van der Waals surface area contributed by atoms with E-state index in [0.29, 0.717) is 0 Å². The Labute approximate surface area is 138 Å². The Morgan fingerprint density at radius 2 is 2.04 bits per heavy atom. The van der Waals surface area contributed by atoms with E-state index in [1.165, 1.54) is 11.3 Å². The topological polar surface area (TPSA) is 45.2 Å². The Balaban J connectivity index is 2.04.